The number of carbonyl (C=O) groups is 4. The summed E-state index contributed by atoms with van der Waals surface area (Å²) >= 11 is 9.38. The molecular weight excluding hydrogens is 578 g/mol. The summed E-state index contributed by atoms with van der Waals surface area (Å²) in [5, 5.41) is 5.26. The molecule has 0 radical (unpaired) electrons. The molecule has 1 heterocycles. The van der Waals surface area contributed by atoms with Crippen LogP contribution in [0.2, 0.25) is 5.02 Å². The molecule has 0 bridgehead atoms. The van der Waals surface area contributed by atoms with E-state index < -0.39 is 23.8 Å². The van der Waals surface area contributed by atoms with E-state index in [2.05, 4.69) is 26.6 Å². The highest BCUT2D eigenvalue weighted by Gasteiger charge is 2.36. The predicted octanol–water partition coefficient (Wildman–Crippen LogP) is 5.19. The molecule has 0 spiro atoms. The van der Waals surface area contributed by atoms with E-state index in [1.54, 1.807) is 73.7 Å². The molecule has 9 nitrogen and oxygen atoms in total. The van der Waals surface area contributed by atoms with Gasteiger partial charge in [-0.25, -0.2) is 9.69 Å². The van der Waals surface area contributed by atoms with Gasteiger partial charge in [0, 0.05) is 4.47 Å². The number of barbiturate groups is 1. The highest BCUT2D eigenvalue weighted by atomic mass is 79.9. The summed E-state index contributed by atoms with van der Waals surface area (Å²) in [6.45, 7) is 1.77. The van der Waals surface area contributed by atoms with Crippen molar-refractivity contribution in [1.82, 2.24) is 5.32 Å². The second kappa shape index (κ2) is 11.9. The normalized spacial score (nSPS) is 14.3. The molecule has 2 N–H and O–H groups in total. The number of ether oxygens (including phenoxy) is 2. The summed E-state index contributed by atoms with van der Waals surface area (Å²) < 4.78 is 12.1. The number of halogens is 2. The van der Waals surface area contributed by atoms with Crippen molar-refractivity contribution in [2.24, 2.45) is 0 Å². The molecule has 5 amide bonds. The van der Waals surface area contributed by atoms with Gasteiger partial charge in [0.1, 0.15) is 5.57 Å². The molecule has 3 aromatic carbocycles. The van der Waals surface area contributed by atoms with Crippen molar-refractivity contribution in [2.45, 2.75) is 6.92 Å². The first-order chi connectivity index (χ1) is 18.3. The Morgan fingerprint density at radius 2 is 1.76 bits per heavy atom. The Morgan fingerprint density at radius 3 is 2.47 bits per heavy atom. The molecule has 11 heteroatoms. The van der Waals surface area contributed by atoms with E-state index >= 15 is 0 Å². The van der Waals surface area contributed by atoms with Crippen LogP contribution in [0.25, 0.3) is 6.08 Å². The van der Waals surface area contributed by atoms with Gasteiger partial charge in [0.2, 0.25) is 0 Å². The van der Waals surface area contributed by atoms with Gasteiger partial charge in [-0.3, -0.25) is 19.7 Å². The van der Waals surface area contributed by atoms with Crippen LogP contribution in [0.3, 0.4) is 0 Å². The van der Waals surface area contributed by atoms with Crippen LogP contribution in [0.1, 0.15) is 12.5 Å². The summed E-state index contributed by atoms with van der Waals surface area (Å²) in [5.74, 6) is -1.42. The summed E-state index contributed by atoms with van der Waals surface area (Å²) in [5.41, 5.74) is 0.983. The third kappa shape index (κ3) is 6.21. The van der Waals surface area contributed by atoms with E-state index in [-0.39, 0.29) is 17.9 Å². The number of imide groups is 2. The number of amides is 5. The van der Waals surface area contributed by atoms with Gasteiger partial charge >= 0.3 is 6.03 Å². The molecule has 0 saturated carbocycles. The fraction of sp³-hybridized carbons (Fsp3) is 0.111. The lowest BCUT2D eigenvalue weighted by Gasteiger charge is -2.26. The van der Waals surface area contributed by atoms with E-state index in [0.29, 0.717) is 34.3 Å². The van der Waals surface area contributed by atoms with Gasteiger partial charge in [0.25, 0.3) is 17.7 Å². The van der Waals surface area contributed by atoms with Crippen molar-refractivity contribution >= 4 is 68.7 Å². The molecule has 38 heavy (non-hydrogen) atoms. The average molecular weight is 599 g/mol. The summed E-state index contributed by atoms with van der Waals surface area (Å²) in [6, 6.07) is 17.2. The minimum absolute atomic E-state index is 0.234. The van der Waals surface area contributed by atoms with Crippen molar-refractivity contribution in [1.29, 1.82) is 0 Å². The topological polar surface area (TPSA) is 114 Å². The van der Waals surface area contributed by atoms with Crippen LogP contribution < -0.4 is 25.0 Å². The largest absolute Gasteiger partial charge is 0.490 e. The lowest BCUT2D eigenvalue weighted by molar-refractivity contribution is -0.122. The van der Waals surface area contributed by atoms with Crippen LogP contribution in [-0.4, -0.2) is 37.0 Å². The zero-order chi connectivity index (χ0) is 27.2. The number of rotatable bonds is 8. The smallest absolute Gasteiger partial charge is 0.335 e. The zero-order valence-corrected chi connectivity index (χ0v) is 22.3. The van der Waals surface area contributed by atoms with Crippen molar-refractivity contribution in [3.05, 3.63) is 87.4 Å². The summed E-state index contributed by atoms with van der Waals surface area (Å²) in [7, 11) is 0. The highest BCUT2D eigenvalue weighted by Crippen LogP contribution is 2.31. The van der Waals surface area contributed by atoms with Crippen LogP contribution in [0.15, 0.2) is 76.8 Å². The van der Waals surface area contributed by atoms with E-state index in [0.717, 1.165) is 9.37 Å². The number of carbonyl (C=O) groups excluding carboxylic acids is 4. The quantitative estimate of drug-likeness (QED) is 0.273. The fourth-order valence-electron chi connectivity index (χ4n) is 3.54. The van der Waals surface area contributed by atoms with E-state index in [1.165, 1.54) is 6.08 Å². The molecule has 1 aliphatic rings. The van der Waals surface area contributed by atoms with Crippen LogP contribution in [-0.2, 0) is 14.4 Å². The standard InChI is InChI=1S/C27H21BrClN3O6/c1-2-37-23-14-16(7-12-22(23)38-15-24(33)30-21-6-4-3-5-20(21)29)13-19-25(34)31-27(36)32(26(19)35)18-10-8-17(28)9-11-18/h3-14H,2,15H2,1H3,(H,30,33)(H,31,34,36)/b19-13+. The molecule has 0 atom stereocenters. The second-order valence-electron chi connectivity index (χ2n) is 7.89. The zero-order valence-electron chi connectivity index (χ0n) is 20.0. The van der Waals surface area contributed by atoms with Crippen molar-refractivity contribution in [3.63, 3.8) is 0 Å². The number of nitrogens with zero attached hydrogens (tertiary/aromatic N) is 1. The van der Waals surface area contributed by atoms with Crippen molar-refractivity contribution < 1.29 is 28.7 Å². The Labute approximate surface area is 231 Å². The monoisotopic (exact) mass is 597 g/mol. The number of urea groups is 1. The summed E-state index contributed by atoms with van der Waals surface area (Å²) in [4.78, 5) is 51.3. The number of hydrogen-bond acceptors (Lipinski definition) is 6. The SMILES string of the molecule is CCOc1cc(/C=C2\C(=O)NC(=O)N(c3ccc(Br)cc3)C2=O)ccc1OCC(=O)Nc1ccccc1Cl. The average Bonchev–Trinajstić information content (AvgIpc) is 2.88. The number of para-hydroxylation sites is 1. The minimum Gasteiger partial charge on any atom is -0.490 e. The Morgan fingerprint density at radius 1 is 1.03 bits per heavy atom. The molecule has 3 aromatic rings. The van der Waals surface area contributed by atoms with E-state index in [9.17, 15) is 19.2 Å². The third-order valence-corrected chi connectivity index (χ3v) is 6.13. The van der Waals surface area contributed by atoms with Crippen LogP contribution >= 0.6 is 27.5 Å². The fourth-order valence-corrected chi connectivity index (χ4v) is 3.99. The van der Waals surface area contributed by atoms with Gasteiger partial charge in [-0.15, -0.1) is 0 Å². The van der Waals surface area contributed by atoms with Gasteiger partial charge in [-0.2, -0.15) is 0 Å². The van der Waals surface area contributed by atoms with Crippen molar-refractivity contribution in [3.8, 4) is 11.5 Å². The number of anilines is 2. The Bertz CT molecular complexity index is 1440. The Balaban J connectivity index is 1.53. The van der Waals surface area contributed by atoms with Crippen LogP contribution in [0.4, 0.5) is 16.2 Å². The molecule has 4 rings (SSSR count). The molecular formula is C27H21BrClN3O6. The van der Waals surface area contributed by atoms with Gasteiger partial charge in [-0.1, -0.05) is 45.7 Å². The first-order valence-electron chi connectivity index (χ1n) is 11.4. The molecule has 0 unspecified atom stereocenters. The number of hydrogen-bond donors (Lipinski definition) is 2. The van der Waals surface area contributed by atoms with E-state index in [1.807, 2.05) is 0 Å². The van der Waals surface area contributed by atoms with Crippen molar-refractivity contribution in [2.75, 3.05) is 23.4 Å². The maximum Gasteiger partial charge on any atom is 0.335 e. The number of benzene rings is 3. The predicted molar refractivity (Wildman–Crippen MR) is 146 cm³/mol. The lowest BCUT2D eigenvalue weighted by Crippen LogP contribution is -2.54. The van der Waals surface area contributed by atoms with Gasteiger partial charge < -0.3 is 14.8 Å². The molecule has 1 aliphatic heterocycles. The third-order valence-electron chi connectivity index (χ3n) is 5.27. The van der Waals surface area contributed by atoms with Gasteiger partial charge in [0.15, 0.2) is 18.1 Å². The van der Waals surface area contributed by atoms with Gasteiger partial charge in [-0.05, 0) is 67.1 Å². The minimum atomic E-state index is -0.840. The highest BCUT2D eigenvalue weighted by molar-refractivity contribution is 9.10. The summed E-state index contributed by atoms with van der Waals surface area (Å²) in [6.07, 6.45) is 1.35. The Kier molecular flexibility index (Phi) is 8.45. The maximum atomic E-state index is 13.1. The second-order valence-corrected chi connectivity index (χ2v) is 9.21. The maximum absolute atomic E-state index is 13.1. The van der Waals surface area contributed by atoms with Crippen LogP contribution in [0, 0.1) is 0 Å². The number of nitrogens with one attached hydrogen (secondary N) is 2. The first kappa shape index (κ1) is 26.9. The van der Waals surface area contributed by atoms with Crippen LogP contribution in [0.5, 0.6) is 11.5 Å². The van der Waals surface area contributed by atoms with Gasteiger partial charge in [0.05, 0.1) is 23.0 Å². The molecule has 0 aliphatic carbocycles. The molecule has 1 fully saturated rings. The lowest BCUT2D eigenvalue weighted by atomic mass is 10.1. The first-order valence-corrected chi connectivity index (χ1v) is 12.5. The molecule has 194 valence electrons. The Hall–Kier alpha value is -4.15. The molecule has 1 saturated heterocycles. The molecule has 0 aromatic heterocycles. The van der Waals surface area contributed by atoms with E-state index in [4.69, 9.17) is 21.1 Å².